The van der Waals surface area contributed by atoms with Gasteiger partial charge in [0.1, 0.15) is 0 Å². The molecule has 1 amide bonds. The van der Waals surface area contributed by atoms with E-state index in [1.165, 1.54) is 10.4 Å². The fourth-order valence-electron chi connectivity index (χ4n) is 2.83. The number of amides is 1. The van der Waals surface area contributed by atoms with E-state index in [1.807, 2.05) is 0 Å². The number of carbonyl (C=O) groups excluding carboxylic acids is 2. The first-order chi connectivity index (χ1) is 12.8. The number of aryl methyl sites for hydroxylation is 1. The van der Waals surface area contributed by atoms with Crippen molar-refractivity contribution < 1.29 is 22.7 Å². The molecule has 150 valence electrons. The minimum atomic E-state index is -3.57. The standard InChI is InChI=1S/C18H26N2O5S2/c1-3-25-18(22)13-26-12-17(21)19-15-8-7-14(2)16(11-15)27(23,24)20-9-5-4-6-10-20/h7-8,11H,3-6,9-10,12-13H2,1-2H3,(H,19,21). The largest absolute Gasteiger partial charge is 0.465 e. The molecule has 0 spiro atoms. The van der Waals surface area contributed by atoms with Crippen LogP contribution in [0, 0.1) is 6.92 Å². The summed E-state index contributed by atoms with van der Waals surface area (Å²) in [6.07, 6.45) is 2.78. The zero-order valence-electron chi connectivity index (χ0n) is 15.7. The van der Waals surface area contributed by atoms with E-state index < -0.39 is 10.0 Å². The molecular weight excluding hydrogens is 388 g/mol. The average Bonchev–Trinajstić information content (AvgIpc) is 2.64. The van der Waals surface area contributed by atoms with E-state index in [-0.39, 0.29) is 28.3 Å². The molecule has 2 rings (SSSR count). The molecular formula is C18H26N2O5S2. The van der Waals surface area contributed by atoms with Crippen molar-refractivity contribution in [2.24, 2.45) is 0 Å². The number of rotatable bonds is 8. The zero-order valence-corrected chi connectivity index (χ0v) is 17.3. The molecule has 0 unspecified atom stereocenters. The lowest BCUT2D eigenvalue weighted by atomic mass is 10.2. The lowest BCUT2D eigenvalue weighted by molar-refractivity contribution is -0.139. The Hall–Kier alpha value is -1.58. The quantitative estimate of drug-likeness (QED) is 0.657. The van der Waals surface area contributed by atoms with E-state index in [0.717, 1.165) is 31.0 Å². The molecule has 1 N–H and O–H groups in total. The number of nitrogens with one attached hydrogen (secondary N) is 1. The van der Waals surface area contributed by atoms with Gasteiger partial charge in [-0.05, 0) is 44.4 Å². The Labute approximate surface area is 164 Å². The van der Waals surface area contributed by atoms with Gasteiger partial charge in [0.05, 0.1) is 23.0 Å². The summed E-state index contributed by atoms with van der Waals surface area (Å²) in [7, 11) is -3.57. The predicted molar refractivity (Wildman–Crippen MR) is 106 cm³/mol. The van der Waals surface area contributed by atoms with E-state index in [4.69, 9.17) is 4.74 Å². The maximum absolute atomic E-state index is 12.9. The summed E-state index contributed by atoms with van der Waals surface area (Å²) in [4.78, 5) is 23.6. The SMILES string of the molecule is CCOC(=O)CSCC(=O)Nc1ccc(C)c(S(=O)(=O)N2CCCCC2)c1. The van der Waals surface area contributed by atoms with Crippen molar-refractivity contribution in [3.05, 3.63) is 23.8 Å². The Morgan fingerprint density at radius 3 is 2.56 bits per heavy atom. The summed E-state index contributed by atoms with van der Waals surface area (Å²) < 4.78 is 32.1. The summed E-state index contributed by atoms with van der Waals surface area (Å²) in [6.45, 7) is 4.84. The normalized spacial score (nSPS) is 15.3. The first kappa shape index (κ1) is 21.7. The highest BCUT2D eigenvalue weighted by molar-refractivity contribution is 8.00. The zero-order chi connectivity index (χ0) is 19.9. The summed E-state index contributed by atoms with van der Waals surface area (Å²) >= 11 is 1.15. The number of esters is 1. The van der Waals surface area contributed by atoms with Crippen molar-refractivity contribution in [3.8, 4) is 0 Å². The van der Waals surface area contributed by atoms with Crippen LogP contribution in [0.1, 0.15) is 31.7 Å². The number of thioether (sulfide) groups is 1. The highest BCUT2D eigenvalue weighted by Crippen LogP contribution is 2.26. The highest BCUT2D eigenvalue weighted by Gasteiger charge is 2.27. The van der Waals surface area contributed by atoms with Gasteiger partial charge in [-0.3, -0.25) is 9.59 Å². The van der Waals surface area contributed by atoms with Gasteiger partial charge < -0.3 is 10.1 Å². The Bertz CT molecular complexity index is 774. The summed E-state index contributed by atoms with van der Waals surface area (Å²) in [5.74, 6) is -0.472. The minimum Gasteiger partial charge on any atom is -0.465 e. The molecule has 0 saturated carbocycles. The molecule has 1 heterocycles. The van der Waals surface area contributed by atoms with Crippen LogP contribution in [-0.2, 0) is 24.3 Å². The van der Waals surface area contributed by atoms with Gasteiger partial charge in [0, 0.05) is 18.8 Å². The van der Waals surface area contributed by atoms with Gasteiger partial charge >= 0.3 is 5.97 Å². The lowest BCUT2D eigenvalue weighted by Gasteiger charge is -2.26. The summed E-state index contributed by atoms with van der Waals surface area (Å²) in [5, 5.41) is 2.70. The Kier molecular flexibility index (Phi) is 8.12. The van der Waals surface area contributed by atoms with Crippen molar-refractivity contribution in [1.82, 2.24) is 4.31 Å². The third kappa shape index (κ3) is 6.22. The van der Waals surface area contributed by atoms with Gasteiger partial charge in [0.25, 0.3) is 0 Å². The number of hydrogen-bond donors (Lipinski definition) is 1. The third-order valence-electron chi connectivity index (χ3n) is 4.16. The maximum Gasteiger partial charge on any atom is 0.315 e. The monoisotopic (exact) mass is 414 g/mol. The van der Waals surface area contributed by atoms with E-state index in [1.54, 1.807) is 26.0 Å². The molecule has 0 bridgehead atoms. The van der Waals surface area contributed by atoms with Gasteiger partial charge in [-0.25, -0.2) is 8.42 Å². The molecule has 0 atom stereocenters. The smallest absolute Gasteiger partial charge is 0.315 e. The molecule has 0 aromatic heterocycles. The molecule has 7 nitrogen and oxygen atoms in total. The third-order valence-corrected chi connectivity index (χ3v) is 7.11. The van der Waals surface area contributed by atoms with Gasteiger partial charge in [0.15, 0.2) is 0 Å². The van der Waals surface area contributed by atoms with E-state index in [9.17, 15) is 18.0 Å². The molecule has 1 aliphatic heterocycles. The van der Waals surface area contributed by atoms with E-state index in [0.29, 0.717) is 30.9 Å². The molecule has 1 saturated heterocycles. The van der Waals surface area contributed by atoms with Crippen molar-refractivity contribution in [1.29, 1.82) is 0 Å². The number of nitrogens with zero attached hydrogens (tertiary/aromatic N) is 1. The number of ether oxygens (including phenoxy) is 1. The lowest BCUT2D eigenvalue weighted by Crippen LogP contribution is -2.36. The van der Waals surface area contributed by atoms with Crippen LogP contribution in [-0.4, -0.2) is 55.8 Å². The van der Waals surface area contributed by atoms with Gasteiger partial charge in [0.2, 0.25) is 15.9 Å². The second-order valence-electron chi connectivity index (χ2n) is 6.29. The molecule has 9 heteroatoms. The van der Waals surface area contributed by atoms with Crippen LogP contribution in [0.4, 0.5) is 5.69 Å². The summed E-state index contributed by atoms with van der Waals surface area (Å²) in [6, 6.07) is 4.88. The first-order valence-corrected chi connectivity index (χ1v) is 11.6. The minimum absolute atomic E-state index is 0.0842. The Balaban J connectivity index is 2.02. The number of anilines is 1. The van der Waals surface area contributed by atoms with Crippen molar-refractivity contribution in [2.45, 2.75) is 38.0 Å². The molecule has 1 aromatic rings. The number of benzene rings is 1. The van der Waals surface area contributed by atoms with Crippen molar-refractivity contribution in [2.75, 3.05) is 36.5 Å². The Morgan fingerprint density at radius 1 is 1.19 bits per heavy atom. The topological polar surface area (TPSA) is 92.8 Å². The van der Waals surface area contributed by atoms with Gasteiger partial charge in [-0.2, -0.15) is 4.31 Å². The molecule has 1 fully saturated rings. The second-order valence-corrected chi connectivity index (χ2v) is 9.18. The van der Waals surface area contributed by atoms with Crippen molar-refractivity contribution in [3.63, 3.8) is 0 Å². The molecule has 1 aromatic carbocycles. The fraction of sp³-hybridized carbons (Fsp3) is 0.556. The molecule has 1 aliphatic rings. The van der Waals surface area contributed by atoms with Gasteiger partial charge in [-0.15, -0.1) is 11.8 Å². The van der Waals surface area contributed by atoms with Crippen molar-refractivity contribution >= 4 is 39.3 Å². The number of piperidine rings is 1. The van der Waals surface area contributed by atoms with Crippen LogP contribution >= 0.6 is 11.8 Å². The number of hydrogen-bond acceptors (Lipinski definition) is 6. The molecule has 27 heavy (non-hydrogen) atoms. The van der Waals surface area contributed by atoms with Crippen LogP contribution in [0.2, 0.25) is 0 Å². The van der Waals surface area contributed by atoms with Crippen LogP contribution in [0.5, 0.6) is 0 Å². The Morgan fingerprint density at radius 2 is 1.89 bits per heavy atom. The molecule has 0 aliphatic carbocycles. The second kappa shape index (κ2) is 10.1. The summed E-state index contributed by atoms with van der Waals surface area (Å²) in [5.41, 5.74) is 1.08. The van der Waals surface area contributed by atoms with Crippen LogP contribution in [0.3, 0.4) is 0 Å². The first-order valence-electron chi connectivity index (χ1n) is 8.98. The fourth-order valence-corrected chi connectivity index (χ4v) is 5.20. The van der Waals surface area contributed by atoms with Gasteiger partial charge in [-0.1, -0.05) is 12.5 Å². The molecule has 0 radical (unpaired) electrons. The number of sulfonamides is 1. The van der Waals surface area contributed by atoms with E-state index in [2.05, 4.69) is 5.32 Å². The van der Waals surface area contributed by atoms with Crippen LogP contribution in [0.25, 0.3) is 0 Å². The number of carbonyl (C=O) groups is 2. The average molecular weight is 415 g/mol. The predicted octanol–water partition coefficient (Wildman–Crippen LogP) is 2.40. The van der Waals surface area contributed by atoms with Crippen LogP contribution in [0.15, 0.2) is 23.1 Å². The van der Waals surface area contributed by atoms with Crippen LogP contribution < -0.4 is 5.32 Å². The van der Waals surface area contributed by atoms with E-state index >= 15 is 0 Å². The maximum atomic E-state index is 12.9. The highest BCUT2D eigenvalue weighted by atomic mass is 32.2.